The first kappa shape index (κ1) is 19.1. The summed E-state index contributed by atoms with van der Waals surface area (Å²) in [5.74, 6) is -0.324. The van der Waals surface area contributed by atoms with Gasteiger partial charge in [0.1, 0.15) is 0 Å². The number of rotatable bonds is 6. The standard InChI is InChI=1S/C20H25N3O4/c1-13(19(25)21-12-14-7-3-2-4-8-14)27-18(24)11-17-15-9-5-6-10-16(15)20(26)23-22-17/h5-6,9-10,13-14H,2-4,7-8,11-12H2,1H3,(H,21,25)(H,23,26)/t13-/m1/s1. The molecule has 1 aliphatic carbocycles. The van der Waals surface area contributed by atoms with Crippen molar-refractivity contribution in [1.82, 2.24) is 15.5 Å². The second-order valence-electron chi connectivity index (χ2n) is 7.10. The fourth-order valence-electron chi connectivity index (χ4n) is 3.52. The highest BCUT2D eigenvalue weighted by molar-refractivity contribution is 5.88. The number of carbonyl (C=O) groups is 2. The Hall–Kier alpha value is -2.70. The van der Waals surface area contributed by atoms with Gasteiger partial charge in [-0.25, -0.2) is 5.10 Å². The lowest BCUT2D eigenvalue weighted by molar-refractivity contribution is -0.154. The lowest BCUT2D eigenvalue weighted by Gasteiger charge is -2.22. The van der Waals surface area contributed by atoms with Crippen molar-refractivity contribution in [2.24, 2.45) is 5.92 Å². The third-order valence-corrected chi connectivity index (χ3v) is 5.05. The van der Waals surface area contributed by atoms with E-state index in [2.05, 4.69) is 15.5 Å². The van der Waals surface area contributed by atoms with E-state index >= 15 is 0 Å². The van der Waals surface area contributed by atoms with Gasteiger partial charge in [0.2, 0.25) is 0 Å². The molecular formula is C20H25N3O4. The van der Waals surface area contributed by atoms with Gasteiger partial charge >= 0.3 is 5.97 Å². The molecule has 1 fully saturated rings. The fourth-order valence-corrected chi connectivity index (χ4v) is 3.52. The SMILES string of the molecule is C[C@@H](OC(=O)Cc1n[nH]c(=O)c2ccccc12)C(=O)NCC1CCCCC1. The number of carbonyl (C=O) groups excluding carboxylic acids is 2. The molecule has 0 spiro atoms. The van der Waals surface area contributed by atoms with E-state index in [1.54, 1.807) is 31.2 Å². The number of H-pyrrole nitrogens is 1. The van der Waals surface area contributed by atoms with Crippen LogP contribution in [0.25, 0.3) is 10.8 Å². The summed E-state index contributed by atoms with van der Waals surface area (Å²) in [4.78, 5) is 36.2. The Morgan fingerprint density at radius 1 is 1.22 bits per heavy atom. The first-order valence-electron chi connectivity index (χ1n) is 9.48. The molecular weight excluding hydrogens is 346 g/mol. The zero-order valence-corrected chi connectivity index (χ0v) is 15.5. The molecule has 0 unspecified atom stereocenters. The number of aromatic nitrogens is 2. The molecule has 144 valence electrons. The summed E-state index contributed by atoms with van der Waals surface area (Å²) in [6.07, 6.45) is 4.99. The van der Waals surface area contributed by atoms with Gasteiger partial charge in [-0.15, -0.1) is 0 Å². The van der Waals surface area contributed by atoms with E-state index in [-0.39, 0.29) is 17.9 Å². The molecule has 2 aromatic rings. The number of aromatic amines is 1. The third-order valence-electron chi connectivity index (χ3n) is 5.05. The van der Waals surface area contributed by atoms with Gasteiger partial charge in [-0.1, -0.05) is 37.5 Å². The number of amides is 1. The maximum atomic E-state index is 12.2. The average Bonchev–Trinajstić information content (AvgIpc) is 2.69. The summed E-state index contributed by atoms with van der Waals surface area (Å²) < 4.78 is 5.25. The molecule has 2 N–H and O–H groups in total. The van der Waals surface area contributed by atoms with Crippen LogP contribution in [0.5, 0.6) is 0 Å². The second-order valence-corrected chi connectivity index (χ2v) is 7.10. The Morgan fingerprint density at radius 3 is 2.67 bits per heavy atom. The topological polar surface area (TPSA) is 101 Å². The van der Waals surface area contributed by atoms with Gasteiger partial charge in [0.15, 0.2) is 6.10 Å². The van der Waals surface area contributed by atoms with E-state index < -0.39 is 12.1 Å². The van der Waals surface area contributed by atoms with Gasteiger partial charge in [0.25, 0.3) is 11.5 Å². The minimum atomic E-state index is -0.866. The summed E-state index contributed by atoms with van der Waals surface area (Å²) in [5.41, 5.74) is 0.114. The minimum Gasteiger partial charge on any atom is -0.452 e. The second kappa shape index (κ2) is 8.79. The maximum absolute atomic E-state index is 12.2. The quantitative estimate of drug-likeness (QED) is 0.757. The Balaban J connectivity index is 1.55. The highest BCUT2D eigenvalue weighted by atomic mass is 16.5. The molecule has 7 nitrogen and oxygen atoms in total. The molecule has 1 saturated carbocycles. The van der Waals surface area contributed by atoms with Crippen LogP contribution in [-0.2, 0) is 20.7 Å². The first-order valence-corrected chi connectivity index (χ1v) is 9.48. The van der Waals surface area contributed by atoms with Crippen LogP contribution in [-0.4, -0.2) is 34.7 Å². The van der Waals surface area contributed by atoms with E-state index in [0.29, 0.717) is 28.9 Å². The molecule has 0 radical (unpaired) electrons. The van der Waals surface area contributed by atoms with Crippen molar-refractivity contribution in [3.63, 3.8) is 0 Å². The van der Waals surface area contributed by atoms with Crippen molar-refractivity contribution in [2.45, 2.75) is 51.6 Å². The lowest BCUT2D eigenvalue weighted by atomic mass is 9.89. The minimum absolute atomic E-state index is 0.114. The third kappa shape index (κ3) is 4.93. The van der Waals surface area contributed by atoms with Crippen LogP contribution in [0.3, 0.4) is 0 Å². The summed E-state index contributed by atoms with van der Waals surface area (Å²) in [7, 11) is 0. The molecule has 1 aromatic heterocycles. The average molecular weight is 371 g/mol. The number of hydrogen-bond acceptors (Lipinski definition) is 5. The van der Waals surface area contributed by atoms with E-state index in [9.17, 15) is 14.4 Å². The zero-order valence-electron chi connectivity index (χ0n) is 15.5. The molecule has 1 aliphatic rings. The van der Waals surface area contributed by atoms with Crippen molar-refractivity contribution < 1.29 is 14.3 Å². The summed E-state index contributed by atoms with van der Waals surface area (Å²) in [5, 5.41) is 10.3. The molecule has 1 heterocycles. The molecule has 1 atom stereocenters. The number of ether oxygens (including phenoxy) is 1. The number of benzene rings is 1. The predicted octanol–water partition coefficient (Wildman–Crippen LogP) is 2.09. The van der Waals surface area contributed by atoms with Crippen molar-refractivity contribution in [1.29, 1.82) is 0 Å². The lowest BCUT2D eigenvalue weighted by Crippen LogP contribution is -2.39. The van der Waals surface area contributed by atoms with E-state index in [1.807, 2.05) is 0 Å². The van der Waals surface area contributed by atoms with Crippen LogP contribution in [0.4, 0.5) is 0 Å². The van der Waals surface area contributed by atoms with Gasteiger partial charge < -0.3 is 10.1 Å². The molecule has 1 amide bonds. The normalized spacial score (nSPS) is 16.0. The zero-order chi connectivity index (χ0) is 19.2. The van der Waals surface area contributed by atoms with Crippen molar-refractivity contribution in [2.75, 3.05) is 6.54 Å². The largest absolute Gasteiger partial charge is 0.452 e. The van der Waals surface area contributed by atoms with E-state index in [4.69, 9.17) is 4.74 Å². The van der Waals surface area contributed by atoms with Crippen LogP contribution < -0.4 is 10.9 Å². The number of hydrogen-bond donors (Lipinski definition) is 2. The molecule has 0 aliphatic heterocycles. The van der Waals surface area contributed by atoms with Crippen molar-refractivity contribution in [3.8, 4) is 0 Å². The molecule has 0 bridgehead atoms. The molecule has 1 aromatic carbocycles. The van der Waals surface area contributed by atoms with E-state index in [1.165, 1.54) is 19.3 Å². The predicted molar refractivity (Wildman–Crippen MR) is 101 cm³/mol. The Morgan fingerprint density at radius 2 is 1.93 bits per heavy atom. The molecule has 0 saturated heterocycles. The summed E-state index contributed by atoms with van der Waals surface area (Å²) in [6.45, 7) is 2.19. The van der Waals surface area contributed by atoms with Gasteiger partial charge in [-0.05, 0) is 31.7 Å². The Bertz CT molecular complexity index is 871. The van der Waals surface area contributed by atoms with Crippen molar-refractivity contribution in [3.05, 3.63) is 40.3 Å². The number of fused-ring (bicyclic) bond motifs is 1. The van der Waals surface area contributed by atoms with Gasteiger partial charge in [-0.3, -0.25) is 14.4 Å². The van der Waals surface area contributed by atoms with Gasteiger partial charge in [0, 0.05) is 11.9 Å². The van der Waals surface area contributed by atoms with Gasteiger partial charge in [0.05, 0.1) is 17.5 Å². The number of nitrogens with zero attached hydrogens (tertiary/aromatic N) is 1. The smallest absolute Gasteiger partial charge is 0.312 e. The Labute approximate surface area is 157 Å². The summed E-state index contributed by atoms with van der Waals surface area (Å²) in [6, 6.07) is 6.94. The molecule has 7 heteroatoms. The van der Waals surface area contributed by atoms with Crippen LogP contribution in [0, 0.1) is 5.92 Å². The van der Waals surface area contributed by atoms with Gasteiger partial charge in [-0.2, -0.15) is 5.10 Å². The summed E-state index contributed by atoms with van der Waals surface area (Å²) >= 11 is 0. The Kier molecular flexibility index (Phi) is 6.21. The van der Waals surface area contributed by atoms with Crippen LogP contribution in [0.15, 0.2) is 29.1 Å². The number of nitrogens with one attached hydrogen (secondary N) is 2. The fraction of sp³-hybridized carbons (Fsp3) is 0.500. The number of esters is 1. The monoisotopic (exact) mass is 371 g/mol. The van der Waals surface area contributed by atoms with Crippen LogP contribution in [0.2, 0.25) is 0 Å². The van der Waals surface area contributed by atoms with E-state index in [0.717, 1.165) is 12.8 Å². The van der Waals surface area contributed by atoms with Crippen LogP contribution in [0.1, 0.15) is 44.7 Å². The highest BCUT2D eigenvalue weighted by Gasteiger charge is 2.21. The van der Waals surface area contributed by atoms with Crippen molar-refractivity contribution >= 4 is 22.6 Å². The highest BCUT2D eigenvalue weighted by Crippen LogP contribution is 2.22. The first-order chi connectivity index (χ1) is 13.0. The maximum Gasteiger partial charge on any atom is 0.312 e. The van der Waals surface area contributed by atoms with Crippen LogP contribution >= 0.6 is 0 Å². The molecule has 27 heavy (non-hydrogen) atoms. The molecule has 3 rings (SSSR count).